The summed E-state index contributed by atoms with van der Waals surface area (Å²) in [6, 6.07) is 0. The zero-order valence-corrected chi connectivity index (χ0v) is 38.8. The van der Waals surface area contributed by atoms with Gasteiger partial charge in [0.05, 0.1) is 0 Å². The second-order valence-electron chi connectivity index (χ2n) is 16.4. The van der Waals surface area contributed by atoms with Crippen LogP contribution in [0.3, 0.4) is 0 Å². The Bertz CT molecular complexity index is 1090. The maximum Gasteiger partial charge on any atom is 0.306 e. The van der Waals surface area contributed by atoms with Crippen molar-refractivity contribution < 1.29 is 28.6 Å². The molecule has 0 spiro atoms. The molecule has 0 fully saturated rings. The Labute approximate surface area is 364 Å². The fraction of sp³-hybridized carbons (Fsp3) is 0.755. The largest absolute Gasteiger partial charge is 0.462 e. The van der Waals surface area contributed by atoms with E-state index in [1.807, 2.05) is 0 Å². The quantitative estimate of drug-likeness (QED) is 0.0263. The van der Waals surface area contributed by atoms with Crippen LogP contribution in [0.5, 0.6) is 0 Å². The van der Waals surface area contributed by atoms with Crippen LogP contribution in [-0.2, 0) is 28.6 Å². The summed E-state index contributed by atoms with van der Waals surface area (Å²) in [6.07, 6.45) is 57.7. The molecule has 6 nitrogen and oxygen atoms in total. The van der Waals surface area contributed by atoms with E-state index >= 15 is 0 Å². The third kappa shape index (κ3) is 46.0. The van der Waals surface area contributed by atoms with Crippen LogP contribution in [0.4, 0.5) is 0 Å². The molecule has 1 unspecified atom stereocenters. The molecule has 0 heterocycles. The van der Waals surface area contributed by atoms with Crippen LogP contribution < -0.4 is 0 Å². The second kappa shape index (κ2) is 47.8. The fourth-order valence-electron chi connectivity index (χ4n) is 6.67. The minimum atomic E-state index is -0.786. The lowest BCUT2D eigenvalue weighted by Crippen LogP contribution is -2.30. The summed E-state index contributed by atoms with van der Waals surface area (Å²) >= 11 is 0. The summed E-state index contributed by atoms with van der Waals surface area (Å²) in [7, 11) is 0. The molecule has 6 heteroatoms. The van der Waals surface area contributed by atoms with Crippen molar-refractivity contribution in [2.45, 2.75) is 245 Å². The smallest absolute Gasteiger partial charge is 0.306 e. The van der Waals surface area contributed by atoms with Crippen molar-refractivity contribution >= 4 is 17.9 Å². The Kier molecular flexibility index (Phi) is 45.4. The number of hydrogen-bond acceptors (Lipinski definition) is 6. The van der Waals surface area contributed by atoms with Gasteiger partial charge in [0.2, 0.25) is 0 Å². The van der Waals surface area contributed by atoms with Crippen LogP contribution in [0.1, 0.15) is 239 Å². The van der Waals surface area contributed by atoms with E-state index in [-0.39, 0.29) is 31.1 Å². The van der Waals surface area contributed by atoms with Crippen LogP contribution in [0, 0.1) is 0 Å². The molecule has 0 radical (unpaired) electrons. The first-order chi connectivity index (χ1) is 29.0. The molecule has 0 N–H and O–H groups in total. The van der Waals surface area contributed by atoms with Crippen molar-refractivity contribution in [1.82, 2.24) is 0 Å². The van der Waals surface area contributed by atoms with Crippen molar-refractivity contribution in [1.29, 1.82) is 0 Å². The lowest BCUT2D eigenvalue weighted by molar-refractivity contribution is -0.167. The molecule has 59 heavy (non-hydrogen) atoms. The summed E-state index contributed by atoms with van der Waals surface area (Å²) in [5, 5.41) is 0. The zero-order chi connectivity index (χ0) is 43.0. The van der Waals surface area contributed by atoms with Crippen molar-refractivity contribution in [3.8, 4) is 0 Å². The monoisotopic (exact) mass is 825 g/mol. The van der Waals surface area contributed by atoms with Gasteiger partial charge in [0, 0.05) is 19.3 Å². The summed E-state index contributed by atoms with van der Waals surface area (Å²) in [5.41, 5.74) is 0. The molecule has 1 atom stereocenters. The highest BCUT2D eigenvalue weighted by Crippen LogP contribution is 2.14. The van der Waals surface area contributed by atoms with Crippen LogP contribution >= 0.6 is 0 Å². The van der Waals surface area contributed by atoms with Crippen LogP contribution in [0.2, 0.25) is 0 Å². The van der Waals surface area contributed by atoms with E-state index in [2.05, 4.69) is 81.5 Å². The molecule has 0 rings (SSSR count). The first-order valence-electron chi connectivity index (χ1n) is 24.8. The molecule has 0 bridgehead atoms. The molecule has 0 aromatic heterocycles. The van der Waals surface area contributed by atoms with Gasteiger partial charge in [-0.15, -0.1) is 0 Å². The SMILES string of the molecule is CCC/C=C\CCCCCCCC(=O)OCC(COC(=O)CCCCCCCCC/C=C\C/C=C\CCCCC)OC(=O)CCCCCCC/C=C\C/C=C\CCCC. The van der Waals surface area contributed by atoms with Crippen LogP contribution in [-0.4, -0.2) is 37.2 Å². The molecular formula is C53H92O6. The van der Waals surface area contributed by atoms with Crippen molar-refractivity contribution in [2.75, 3.05) is 13.2 Å². The molecule has 0 aromatic carbocycles. The number of unbranched alkanes of at least 4 members (excludes halogenated alkanes) is 23. The molecule has 0 aliphatic rings. The number of allylic oxidation sites excluding steroid dienone is 10. The number of hydrogen-bond donors (Lipinski definition) is 0. The number of esters is 3. The van der Waals surface area contributed by atoms with Gasteiger partial charge in [-0.05, 0) is 96.3 Å². The number of rotatable bonds is 44. The maximum absolute atomic E-state index is 12.8. The van der Waals surface area contributed by atoms with E-state index in [9.17, 15) is 14.4 Å². The summed E-state index contributed by atoms with van der Waals surface area (Å²) in [4.78, 5) is 37.8. The second-order valence-corrected chi connectivity index (χ2v) is 16.4. The molecule has 0 saturated carbocycles. The Hall–Kier alpha value is -2.89. The average Bonchev–Trinajstić information content (AvgIpc) is 3.23. The van der Waals surface area contributed by atoms with E-state index in [4.69, 9.17) is 14.2 Å². The van der Waals surface area contributed by atoms with E-state index < -0.39 is 6.10 Å². The standard InChI is InChI=1S/C53H92O6/c1-4-7-10-13-16-19-22-24-26-27-28-30-31-34-37-40-43-46-52(55)58-49-50(48-57-51(54)45-42-39-36-33-21-18-15-12-9-6-3)59-53(56)47-44-41-38-35-32-29-25-23-20-17-14-11-8-5-2/h12,14-17,19,23-26,50H,4-11,13,18,20-22,27-49H2,1-3H3/b15-12-,17-14-,19-16-,25-23-,26-24-. The molecule has 0 aliphatic heterocycles. The van der Waals surface area contributed by atoms with Crippen molar-refractivity contribution in [3.63, 3.8) is 0 Å². The van der Waals surface area contributed by atoms with Gasteiger partial charge in [-0.25, -0.2) is 0 Å². The average molecular weight is 825 g/mol. The maximum atomic E-state index is 12.8. The Morgan fingerprint density at radius 1 is 0.339 bits per heavy atom. The summed E-state index contributed by atoms with van der Waals surface area (Å²) in [5.74, 6) is -0.919. The van der Waals surface area contributed by atoms with E-state index in [0.29, 0.717) is 19.3 Å². The van der Waals surface area contributed by atoms with Gasteiger partial charge in [0.15, 0.2) is 6.10 Å². The lowest BCUT2D eigenvalue weighted by atomic mass is 10.1. The Balaban J connectivity index is 4.38. The Morgan fingerprint density at radius 3 is 1.07 bits per heavy atom. The van der Waals surface area contributed by atoms with Gasteiger partial charge in [0.1, 0.15) is 13.2 Å². The van der Waals surface area contributed by atoms with Gasteiger partial charge in [-0.2, -0.15) is 0 Å². The van der Waals surface area contributed by atoms with E-state index in [0.717, 1.165) is 109 Å². The van der Waals surface area contributed by atoms with Crippen molar-refractivity contribution in [3.05, 3.63) is 60.8 Å². The zero-order valence-electron chi connectivity index (χ0n) is 38.8. The normalized spacial score (nSPS) is 12.5. The fourth-order valence-corrected chi connectivity index (χ4v) is 6.67. The molecule has 340 valence electrons. The highest BCUT2D eigenvalue weighted by atomic mass is 16.6. The number of carbonyl (C=O) groups excluding carboxylic acids is 3. The van der Waals surface area contributed by atoms with Gasteiger partial charge < -0.3 is 14.2 Å². The minimum Gasteiger partial charge on any atom is -0.462 e. The Morgan fingerprint density at radius 2 is 0.661 bits per heavy atom. The third-order valence-electron chi connectivity index (χ3n) is 10.4. The first kappa shape index (κ1) is 56.1. The van der Waals surface area contributed by atoms with E-state index in [1.165, 1.54) is 89.9 Å². The first-order valence-corrected chi connectivity index (χ1v) is 24.8. The van der Waals surface area contributed by atoms with E-state index in [1.54, 1.807) is 0 Å². The van der Waals surface area contributed by atoms with Crippen LogP contribution in [0.15, 0.2) is 60.8 Å². The molecule has 0 aromatic rings. The molecule has 0 aliphatic carbocycles. The van der Waals surface area contributed by atoms with Crippen molar-refractivity contribution in [2.24, 2.45) is 0 Å². The lowest BCUT2D eigenvalue weighted by Gasteiger charge is -2.18. The highest BCUT2D eigenvalue weighted by molar-refractivity contribution is 5.71. The summed E-state index contributed by atoms with van der Waals surface area (Å²) in [6.45, 7) is 6.48. The topological polar surface area (TPSA) is 78.9 Å². The molecule has 0 saturated heterocycles. The molecule has 0 amide bonds. The predicted octanol–water partition coefficient (Wildman–Crippen LogP) is 16.1. The minimum absolute atomic E-state index is 0.0870. The van der Waals surface area contributed by atoms with Gasteiger partial charge in [0.25, 0.3) is 0 Å². The number of carbonyl (C=O) groups is 3. The van der Waals surface area contributed by atoms with Gasteiger partial charge >= 0.3 is 17.9 Å². The highest BCUT2D eigenvalue weighted by Gasteiger charge is 2.19. The van der Waals surface area contributed by atoms with Crippen LogP contribution in [0.25, 0.3) is 0 Å². The molecular weight excluding hydrogens is 733 g/mol. The predicted molar refractivity (Wildman–Crippen MR) is 251 cm³/mol. The summed E-state index contributed by atoms with van der Waals surface area (Å²) < 4.78 is 16.7. The van der Waals surface area contributed by atoms with Gasteiger partial charge in [-0.1, -0.05) is 184 Å². The third-order valence-corrected chi connectivity index (χ3v) is 10.4. The van der Waals surface area contributed by atoms with Gasteiger partial charge in [-0.3, -0.25) is 14.4 Å². The number of ether oxygens (including phenoxy) is 3.